The Kier molecular flexibility index (Phi) is 5.62. The van der Waals surface area contributed by atoms with E-state index in [0.717, 1.165) is 28.3 Å². The average Bonchev–Trinajstić information content (AvgIpc) is 2.70. The zero-order chi connectivity index (χ0) is 17.3. The van der Waals surface area contributed by atoms with Crippen molar-refractivity contribution in [1.82, 2.24) is 0 Å². The van der Waals surface area contributed by atoms with Gasteiger partial charge >= 0.3 is 0 Å². The lowest BCUT2D eigenvalue weighted by Crippen LogP contribution is -2.01. The van der Waals surface area contributed by atoms with Gasteiger partial charge in [0.05, 0.1) is 18.5 Å². The number of hydrogen-bond acceptors (Lipinski definition) is 3. The maximum Gasteiger partial charge on any atom is 0.118 e. The van der Waals surface area contributed by atoms with Gasteiger partial charge in [-0.1, -0.05) is 66.7 Å². The van der Waals surface area contributed by atoms with Gasteiger partial charge in [-0.3, -0.25) is 5.43 Å². The minimum Gasteiger partial charge on any atom is -0.497 e. The van der Waals surface area contributed by atoms with Crippen molar-refractivity contribution in [3.05, 3.63) is 102 Å². The van der Waals surface area contributed by atoms with E-state index in [-0.39, 0.29) is 0 Å². The summed E-state index contributed by atoms with van der Waals surface area (Å²) in [5.74, 6) is 0.847. The maximum atomic E-state index is 5.19. The minimum atomic E-state index is 0.847. The summed E-state index contributed by atoms with van der Waals surface area (Å²) in [6.45, 7) is 0. The zero-order valence-electron chi connectivity index (χ0n) is 14.1. The molecule has 3 nitrogen and oxygen atoms in total. The number of para-hydroxylation sites is 1. The number of benzene rings is 3. The molecule has 0 amide bonds. The van der Waals surface area contributed by atoms with Crippen molar-refractivity contribution in [3.63, 3.8) is 0 Å². The van der Waals surface area contributed by atoms with Gasteiger partial charge in [0.25, 0.3) is 0 Å². The first-order valence-electron chi connectivity index (χ1n) is 8.11. The molecule has 124 valence electrons. The van der Waals surface area contributed by atoms with Crippen LogP contribution in [0.3, 0.4) is 0 Å². The summed E-state index contributed by atoms with van der Waals surface area (Å²) in [6.07, 6.45) is 4.05. The molecule has 0 aliphatic carbocycles. The van der Waals surface area contributed by atoms with Crippen molar-refractivity contribution >= 4 is 17.5 Å². The molecule has 3 aromatic rings. The number of allylic oxidation sites excluding steroid dienone is 1. The molecule has 0 bridgehead atoms. The Labute approximate surface area is 148 Å². The maximum absolute atomic E-state index is 5.19. The molecule has 0 saturated heterocycles. The SMILES string of the molecule is COc1ccc(/C=C/C(=N/Nc2ccccc2)c2ccccc2)cc1. The minimum absolute atomic E-state index is 0.847. The first-order chi connectivity index (χ1) is 12.3. The van der Waals surface area contributed by atoms with E-state index in [0.29, 0.717) is 0 Å². The Morgan fingerprint density at radius 1 is 0.840 bits per heavy atom. The number of nitrogens with one attached hydrogen (secondary N) is 1. The van der Waals surface area contributed by atoms with Crippen molar-refractivity contribution in [2.45, 2.75) is 0 Å². The molecule has 0 unspecified atom stereocenters. The van der Waals surface area contributed by atoms with E-state index < -0.39 is 0 Å². The molecule has 3 rings (SSSR count). The van der Waals surface area contributed by atoms with Crippen LogP contribution >= 0.6 is 0 Å². The fraction of sp³-hybridized carbons (Fsp3) is 0.0455. The molecule has 3 heteroatoms. The molecule has 1 N–H and O–H groups in total. The highest BCUT2D eigenvalue weighted by atomic mass is 16.5. The van der Waals surface area contributed by atoms with Crippen LogP contribution in [0.15, 0.2) is 96.1 Å². The van der Waals surface area contributed by atoms with Gasteiger partial charge < -0.3 is 4.74 Å². The summed E-state index contributed by atoms with van der Waals surface area (Å²) in [6, 6.07) is 27.9. The topological polar surface area (TPSA) is 33.6 Å². The lowest BCUT2D eigenvalue weighted by molar-refractivity contribution is 0.415. The summed E-state index contributed by atoms with van der Waals surface area (Å²) in [4.78, 5) is 0. The molecule has 25 heavy (non-hydrogen) atoms. The molecule has 0 spiro atoms. The van der Waals surface area contributed by atoms with Crippen LogP contribution < -0.4 is 10.2 Å². The van der Waals surface area contributed by atoms with Gasteiger partial charge in [0.2, 0.25) is 0 Å². The second kappa shape index (κ2) is 8.50. The Hall–Kier alpha value is -3.33. The summed E-state index contributed by atoms with van der Waals surface area (Å²) in [7, 11) is 1.67. The first-order valence-corrected chi connectivity index (χ1v) is 8.11. The van der Waals surface area contributed by atoms with E-state index in [1.165, 1.54) is 0 Å². The van der Waals surface area contributed by atoms with E-state index >= 15 is 0 Å². The highest BCUT2D eigenvalue weighted by Crippen LogP contribution is 2.13. The van der Waals surface area contributed by atoms with Crippen LogP contribution in [-0.2, 0) is 0 Å². The lowest BCUT2D eigenvalue weighted by Gasteiger charge is -2.05. The number of ether oxygens (including phenoxy) is 1. The van der Waals surface area contributed by atoms with Crippen molar-refractivity contribution in [2.75, 3.05) is 12.5 Å². The van der Waals surface area contributed by atoms with Crippen LogP contribution in [0.4, 0.5) is 5.69 Å². The van der Waals surface area contributed by atoms with Crippen molar-refractivity contribution in [1.29, 1.82) is 0 Å². The average molecular weight is 328 g/mol. The van der Waals surface area contributed by atoms with Crippen molar-refractivity contribution in [2.24, 2.45) is 5.10 Å². The van der Waals surface area contributed by atoms with E-state index in [9.17, 15) is 0 Å². The Morgan fingerprint density at radius 3 is 2.12 bits per heavy atom. The van der Waals surface area contributed by atoms with Gasteiger partial charge in [-0.05, 0) is 35.9 Å². The Balaban J connectivity index is 1.84. The van der Waals surface area contributed by atoms with Gasteiger partial charge in [0.1, 0.15) is 5.75 Å². The number of methoxy groups -OCH3 is 1. The number of hydrogen-bond donors (Lipinski definition) is 1. The van der Waals surface area contributed by atoms with Crippen LogP contribution in [0.5, 0.6) is 5.75 Å². The first kappa shape index (κ1) is 16.5. The van der Waals surface area contributed by atoms with E-state index in [1.54, 1.807) is 7.11 Å². The van der Waals surface area contributed by atoms with Crippen molar-refractivity contribution < 1.29 is 4.74 Å². The van der Waals surface area contributed by atoms with Gasteiger partial charge in [0.15, 0.2) is 0 Å². The molecular weight excluding hydrogens is 308 g/mol. The summed E-state index contributed by atoms with van der Waals surface area (Å²) < 4.78 is 5.19. The highest BCUT2D eigenvalue weighted by Gasteiger charge is 2.00. The van der Waals surface area contributed by atoms with E-state index in [1.807, 2.05) is 97.1 Å². The zero-order valence-corrected chi connectivity index (χ0v) is 14.1. The van der Waals surface area contributed by atoms with Gasteiger partial charge in [-0.2, -0.15) is 5.10 Å². The van der Waals surface area contributed by atoms with Crippen LogP contribution in [0.2, 0.25) is 0 Å². The standard InChI is InChI=1S/C22H20N2O/c1-25-21-15-12-18(13-16-21)14-17-22(19-8-4-2-5-9-19)24-23-20-10-6-3-7-11-20/h2-17,23H,1H3/b17-14+,24-22-. The smallest absolute Gasteiger partial charge is 0.118 e. The molecule has 3 aromatic carbocycles. The van der Waals surface area contributed by atoms with Crippen LogP contribution in [-0.4, -0.2) is 12.8 Å². The second-order valence-corrected chi connectivity index (χ2v) is 5.45. The quantitative estimate of drug-likeness (QED) is 0.497. The van der Waals surface area contributed by atoms with Gasteiger partial charge in [-0.25, -0.2) is 0 Å². The molecule has 0 aromatic heterocycles. The molecular formula is C22H20N2O. The largest absolute Gasteiger partial charge is 0.497 e. The summed E-state index contributed by atoms with van der Waals surface area (Å²) in [5.41, 5.74) is 7.07. The van der Waals surface area contributed by atoms with Gasteiger partial charge in [-0.15, -0.1) is 0 Å². The van der Waals surface area contributed by atoms with E-state index in [2.05, 4.69) is 10.5 Å². The molecule has 0 heterocycles. The van der Waals surface area contributed by atoms with Crippen molar-refractivity contribution in [3.8, 4) is 5.75 Å². The lowest BCUT2D eigenvalue weighted by atomic mass is 10.1. The van der Waals surface area contributed by atoms with E-state index in [4.69, 9.17) is 4.74 Å². The number of rotatable bonds is 6. The van der Waals surface area contributed by atoms with Crippen LogP contribution in [0.1, 0.15) is 11.1 Å². The third kappa shape index (κ3) is 4.82. The fourth-order valence-electron chi connectivity index (χ4n) is 2.33. The van der Waals surface area contributed by atoms with Gasteiger partial charge in [0, 0.05) is 5.56 Å². The molecule has 0 atom stereocenters. The predicted molar refractivity (Wildman–Crippen MR) is 105 cm³/mol. The van der Waals surface area contributed by atoms with Crippen LogP contribution in [0, 0.1) is 0 Å². The summed E-state index contributed by atoms with van der Waals surface area (Å²) in [5, 5.41) is 4.57. The second-order valence-electron chi connectivity index (χ2n) is 5.45. The monoisotopic (exact) mass is 328 g/mol. The summed E-state index contributed by atoms with van der Waals surface area (Å²) >= 11 is 0. The third-order valence-corrected chi connectivity index (χ3v) is 3.70. The third-order valence-electron chi connectivity index (χ3n) is 3.70. The number of hydrazone groups is 1. The molecule has 0 aliphatic rings. The predicted octanol–water partition coefficient (Wildman–Crippen LogP) is 5.22. The molecule has 0 saturated carbocycles. The normalized spacial score (nSPS) is 11.5. The van der Waals surface area contributed by atoms with Crippen LogP contribution in [0.25, 0.3) is 6.08 Å². The Morgan fingerprint density at radius 2 is 1.48 bits per heavy atom. The highest BCUT2D eigenvalue weighted by molar-refractivity contribution is 6.11. The molecule has 0 fully saturated rings. The Bertz CT molecular complexity index is 838. The molecule has 0 aliphatic heterocycles. The molecule has 0 radical (unpaired) electrons. The number of anilines is 1. The fourth-order valence-corrected chi connectivity index (χ4v) is 2.33. The number of nitrogens with zero attached hydrogens (tertiary/aromatic N) is 1.